The summed E-state index contributed by atoms with van der Waals surface area (Å²) < 4.78 is 0. The number of aliphatic hydroxyl groups excluding tert-OH is 1. The van der Waals surface area contributed by atoms with Crippen molar-refractivity contribution in [3.8, 4) is 0 Å². The quantitative estimate of drug-likeness (QED) is 0.462. The van der Waals surface area contributed by atoms with Crippen LogP contribution in [0.15, 0.2) is 0 Å². The molecular formula is C5H11NO3. The fourth-order valence-electron chi connectivity index (χ4n) is 0.341. The molecule has 4 heteroatoms. The Labute approximate surface area is 53.3 Å². The van der Waals surface area contributed by atoms with Crippen LogP contribution in [0.5, 0.6) is 0 Å². The van der Waals surface area contributed by atoms with Crippen molar-refractivity contribution in [2.45, 2.75) is 13.0 Å². The lowest BCUT2D eigenvalue weighted by Gasteiger charge is -2.11. The van der Waals surface area contributed by atoms with Gasteiger partial charge in [-0.3, -0.25) is 4.79 Å². The Morgan fingerprint density at radius 3 is 2.33 bits per heavy atom. The molecule has 0 amide bonds. The molecule has 0 bridgehead atoms. The van der Waals surface area contributed by atoms with Crippen molar-refractivity contribution in [1.29, 1.82) is 0 Å². The molecule has 0 aromatic carbocycles. The zero-order valence-electron chi connectivity index (χ0n) is 5.24. The zero-order chi connectivity index (χ0) is 7.44. The van der Waals surface area contributed by atoms with Crippen LogP contribution in [-0.4, -0.2) is 28.8 Å². The molecule has 0 rings (SSSR count). The van der Waals surface area contributed by atoms with Gasteiger partial charge in [0.2, 0.25) is 0 Å². The second kappa shape index (κ2) is 3.42. The summed E-state index contributed by atoms with van der Waals surface area (Å²) in [6.45, 7) is 1.18. The Morgan fingerprint density at radius 2 is 2.22 bits per heavy atom. The van der Waals surface area contributed by atoms with Gasteiger partial charge < -0.3 is 15.9 Å². The van der Waals surface area contributed by atoms with Gasteiger partial charge in [-0.2, -0.15) is 0 Å². The molecule has 4 nitrogen and oxygen atoms in total. The average molecular weight is 133 g/mol. The van der Waals surface area contributed by atoms with Crippen LogP contribution in [0.4, 0.5) is 0 Å². The van der Waals surface area contributed by atoms with Gasteiger partial charge in [0.1, 0.15) is 0 Å². The molecule has 2 atom stereocenters. The van der Waals surface area contributed by atoms with Gasteiger partial charge in [0, 0.05) is 6.04 Å². The molecule has 9 heavy (non-hydrogen) atoms. The molecule has 0 radical (unpaired) electrons. The lowest BCUT2D eigenvalue weighted by molar-refractivity contribution is -0.142. The molecule has 4 N–H and O–H groups in total. The first-order valence-corrected chi connectivity index (χ1v) is 2.68. The van der Waals surface area contributed by atoms with Gasteiger partial charge in [0.05, 0.1) is 12.5 Å². The maximum absolute atomic E-state index is 10.1. The van der Waals surface area contributed by atoms with Crippen LogP contribution < -0.4 is 5.73 Å². The third kappa shape index (κ3) is 2.43. The van der Waals surface area contributed by atoms with E-state index in [1.807, 2.05) is 0 Å². The van der Waals surface area contributed by atoms with E-state index in [1.165, 1.54) is 6.92 Å². The molecule has 0 aliphatic heterocycles. The SMILES string of the molecule is CC(C(=O)O)[C@@H](N)CO. The summed E-state index contributed by atoms with van der Waals surface area (Å²) in [7, 11) is 0. The van der Waals surface area contributed by atoms with Crippen LogP contribution in [0.25, 0.3) is 0 Å². The van der Waals surface area contributed by atoms with Crippen LogP contribution in [-0.2, 0) is 4.79 Å². The van der Waals surface area contributed by atoms with Gasteiger partial charge in [-0.25, -0.2) is 0 Å². The highest BCUT2D eigenvalue weighted by molar-refractivity contribution is 5.70. The number of carboxylic acid groups (broad SMARTS) is 1. The smallest absolute Gasteiger partial charge is 0.307 e. The summed E-state index contributed by atoms with van der Waals surface area (Å²) in [5.74, 6) is -1.65. The van der Waals surface area contributed by atoms with Gasteiger partial charge >= 0.3 is 5.97 Å². The van der Waals surface area contributed by atoms with E-state index in [4.69, 9.17) is 15.9 Å². The predicted octanol–water partition coefficient (Wildman–Crippen LogP) is -0.973. The van der Waals surface area contributed by atoms with Crippen molar-refractivity contribution in [2.24, 2.45) is 11.7 Å². The van der Waals surface area contributed by atoms with Crippen molar-refractivity contribution < 1.29 is 15.0 Å². The number of carboxylic acids is 1. The molecular weight excluding hydrogens is 122 g/mol. The minimum absolute atomic E-state index is 0.284. The second-order valence-corrected chi connectivity index (χ2v) is 1.97. The summed E-state index contributed by atoms with van der Waals surface area (Å²) in [4.78, 5) is 10.1. The number of hydrogen-bond acceptors (Lipinski definition) is 3. The van der Waals surface area contributed by atoms with Gasteiger partial charge in [0.25, 0.3) is 0 Å². The lowest BCUT2D eigenvalue weighted by Crippen LogP contribution is -2.36. The van der Waals surface area contributed by atoms with E-state index < -0.39 is 17.9 Å². The molecule has 0 aromatic heterocycles. The van der Waals surface area contributed by atoms with Crippen molar-refractivity contribution >= 4 is 5.97 Å². The number of aliphatic hydroxyl groups is 1. The summed E-state index contributed by atoms with van der Waals surface area (Å²) in [5.41, 5.74) is 5.19. The molecule has 0 saturated heterocycles. The topological polar surface area (TPSA) is 83.5 Å². The lowest BCUT2D eigenvalue weighted by atomic mass is 10.0. The highest BCUT2D eigenvalue weighted by Crippen LogP contribution is 1.98. The monoisotopic (exact) mass is 133 g/mol. The number of aliphatic carboxylic acids is 1. The Balaban J connectivity index is 3.72. The Bertz CT molecular complexity index is 104. The molecule has 0 saturated carbocycles. The summed E-state index contributed by atoms with van der Waals surface area (Å²) in [6.07, 6.45) is 0. The minimum Gasteiger partial charge on any atom is -0.481 e. The molecule has 0 aliphatic carbocycles. The van der Waals surface area contributed by atoms with Gasteiger partial charge in [0.15, 0.2) is 0 Å². The van der Waals surface area contributed by atoms with Gasteiger partial charge in [-0.15, -0.1) is 0 Å². The largest absolute Gasteiger partial charge is 0.481 e. The fraction of sp³-hybridized carbons (Fsp3) is 0.800. The Morgan fingerprint density at radius 1 is 1.78 bits per heavy atom. The highest BCUT2D eigenvalue weighted by atomic mass is 16.4. The van der Waals surface area contributed by atoms with E-state index in [0.29, 0.717) is 0 Å². The number of hydrogen-bond donors (Lipinski definition) is 3. The first kappa shape index (κ1) is 8.39. The van der Waals surface area contributed by atoms with E-state index in [9.17, 15) is 4.79 Å². The molecule has 0 heterocycles. The molecule has 0 aliphatic rings. The molecule has 0 spiro atoms. The predicted molar refractivity (Wildman–Crippen MR) is 31.9 cm³/mol. The van der Waals surface area contributed by atoms with E-state index in [2.05, 4.69) is 0 Å². The summed E-state index contributed by atoms with van der Waals surface area (Å²) in [6, 6.07) is -0.650. The first-order valence-electron chi connectivity index (χ1n) is 2.68. The van der Waals surface area contributed by atoms with Crippen molar-refractivity contribution in [1.82, 2.24) is 0 Å². The van der Waals surface area contributed by atoms with Gasteiger partial charge in [-0.05, 0) is 0 Å². The third-order valence-corrected chi connectivity index (χ3v) is 1.24. The van der Waals surface area contributed by atoms with Crippen LogP contribution in [0.1, 0.15) is 6.92 Å². The maximum Gasteiger partial charge on any atom is 0.307 e. The Kier molecular flexibility index (Phi) is 3.19. The van der Waals surface area contributed by atoms with E-state index in [1.54, 1.807) is 0 Å². The highest BCUT2D eigenvalue weighted by Gasteiger charge is 2.18. The third-order valence-electron chi connectivity index (χ3n) is 1.24. The maximum atomic E-state index is 10.1. The molecule has 54 valence electrons. The first-order chi connectivity index (χ1) is 4.09. The number of carbonyl (C=O) groups is 1. The second-order valence-electron chi connectivity index (χ2n) is 1.97. The summed E-state index contributed by atoms with van der Waals surface area (Å²) in [5, 5.41) is 16.7. The van der Waals surface area contributed by atoms with E-state index >= 15 is 0 Å². The van der Waals surface area contributed by atoms with E-state index in [-0.39, 0.29) is 6.61 Å². The molecule has 1 unspecified atom stereocenters. The standard InChI is InChI=1S/C5H11NO3/c1-3(5(8)9)4(6)2-7/h3-4,7H,2,6H2,1H3,(H,8,9)/t3?,4-/m0/s1. The molecule has 0 aromatic rings. The fourth-order valence-corrected chi connectivity index (χ4v) is 0.341. The van der Waals surface area contributed by atoms with E-state index in [0.717, 1.165) is 0 Å². The zero-order valence-corrected chi connectivity index (χ0v) is 5.24. The number of rotatable bonds is 3. The minimum atomic E-state index is -0.975. The normalized spacial score (nSPS) is 16.8. The van der Waals surface area contributed by atoms with Gasteiger partial charge in [-0.1, -0.05) is 6.92 Å². The van der Waals surface area contributed by atoms with Crippen LogP contribution in [0, 0.1) is 5.92 Å². The van der Waals surface area contributed by atoms with Crippen molar-refractivity contribution in [3.63, 3.8) is 0 Å². The number of nitrogens with two attached hydrogens (primary N) is 1. The van der Waals surface area contributed by atoms with Crippen LogP contribution >= 0.6 is 0 Å². The van der Waals surface area contributed by atoms with Crippen molar-refractivity contribution in [3.05, 3.63) is 0 Å². The average Bonchev–Trinajstić information content (AvgIpc) is 1.84. The van der Waals surface area contributed by atoms with Crippen LogP contribution in [0.2, 0.25) is 0 Å². The molecule has 0 fully saturated rings. The van der Waals surface area contributed by atoms with Crippen molar-refractivity contribution in [2.75, 3.05) is 6.61 Å². The Hall–Kier alpha value is -0.610. The summed E-state index contributed by atoms with van der Waals surface area (Å²) >= 11 is 0. The van der Waals surface area contributed by atoms with Crippen LogP contribution in [0.3, 0.4) is 0 Å².